The van der Waals surface area contributed by atoms with Gasteiger partial charge in [-0.25, -0.2) is 0 Å². The molecular formula is C11H15NS. The summed E-state index contributed by atoms with van der Waals surface area (Å²) in [6.45, 7) is 0. The second kappa shape index (κ2) is 3.72. The van der Waals surface area contributed by atoms with Crippen LogP contribution >= 0.6 is 11.8 Å². The first-order valence-electron chi connectivity index (χ1n) is 4.71. The number of nitrogens with two attached hydrogens (primary N) is 1. The molecule has 1 aliphatic carbocycles. The molecule has 13 heavy (non-hydrogen) atoms. The third kappa shape index (κ3) is 1.89. The Morgan fingerprint density at radius 2 is 2.08 bits per heavy atom. The number of rotatable bonds is 3. The summed E-state index contributed by atoms with van der Waals surface area (Å²) in [6.07, 6.45) is 4.73. The molecular weight excluding hydrogens is 178 g/mol. The molecule has 1 fully saturated rings. The average Bonchev–Trinajstić information content (AvgIpc) is 3.00. The largest absolute Gasteiger partial charge is 0.324 e. The molecule has 1 aromatic rings. The predicted molar refractivity (Wildman–Crippen MR) is 57.9 cm³/mol. The maximum atomic E-state index is 6.16. The van der Waals surface area contributed by atoms with Crippen LogP contribution in [0, 0.1) is 5.92 Å². The maximum absolute atomic E-state index is 6.16. The van der Waals surface area contributed by atoms with Crippen molar-refractivity contribution in [3.63, 3.8) is 0 Å². The molecule has 70 valence electrons. The molecule has 1 aliphatic rings. The van der Waals surface area contributed by atoms with Crippen LogP contribution in [-0.4, -0.2) is 6.26 Å². The normalized spacial score (nSPS) is 18.6. The van der Waals surface area contributed by atoms with Gasteiger partial charge in [0.25, 0.3) is 0 Å². The van der Waals surface area contributed by atoms with E-state index in [0.29, 0.717) is 0 Å². The van der Waals surface area contributed by atoms with Crippen molar-refractivity contribution in [1.29, 1.82) is 0 Å². The topological polar surface area (TPSA) is 26.0 Å². The molecule has 2 heteroatoms. The highest BCUT2D eigenvalue weighted by Gasteiger charge is 2.30. The zero-order valence-electron chi connectivity index (χ0n) is 7.86. The SMILES string of the molecule is CSc1ccccc1C(N)C1CC1. The predicted octanol–water partition coefficient (Wildman–Crippen LogP) is 2.82. The number of benzene rings is 1. The van der Waals surface area contributed by atoms with Crippen molar-refractivity contribution in [3.8, 4) is 0 Å². The fourth-order valence-corrected chi connectivity index (χ4v) is 2.31. The summed E-state index contributed by atoms with van der Waals surface area (Å²) >= 11 is 1.79. The lowest BCUT2D eigenvalue weighted by Gasteiger charge is -2.14. The van der Waals surface area contributed by atoms with Gasteiger partial charge in [-0.3, -0.25) is 0 Å². The summed E-state index contributed by atoms with van der Waals surface area (Å²) in [4.78, 5) is 1.34. The van der Waals surface area contributed by atoms with Gasteiger partial charge in [0.2, 0.25) is 0 Å². The number of thioether (sulfide) groups is 1. The Morgan fingerprint density at radius 1 is 1.38 bits per heavy atom. The molecule has 0 aromatic heterocycles. The molecule has 1 unspecified atom stereocenters. The Kier molecular flexibility index (Phi) is 2.61. The van der Waals surface area contributed by atoms with Gasteiger partial charge >= 0.3 is 0 Å². The van der Waals surface area contributed by atoms with Gasteiger partial charge in [-0.1, -0.05) is 18.2 Å². The Balaban J connectivity index is 2.26. The highest BCUT2D eigenvalue weighted by atomic mass is 32.2. The Morgan fingerprint density at radius 3 is 2.69 bits per heavy atom. The molecule has 0 saturated heterocycles. The summed E-state index contributed by atoms with van der Waals surface area (Å²) in [7, 11) is 0. The number of hydrogen-bond donors (Lipinski definition) is 1. The van der Waals surface area contributed by atoms with Crippen molar-refractivity contribution >= 4 is 11.8 Å². The molecule has 2 N–H and O–H groups in total. The zero-order chi connectivity index (χ0) is 9.26. The quantitative estimate of drug-likeness (QED) is 0.747. The fraction of sp³-hybridized carbons (Fsp3) is 0.455. The van der Waals surface area contributed by atoms with Crippen molar-refractivity contribution in [2.45, 2.75) is 23.8 Å². The molecule has 1 nitrogen and oxygen atoms in total. The van der Waals surface area contributed by atoms with E-state index in [1.54, 1.807) is 11.8 Å². The second-order valence-corrected chi connectivity index (χ2v) is 4.45. The van der Waals surface area contributed by atoms with Gasteiger partial charge in [0.1, 0.15) is 0 Å². The molecule has 1 saturated carbocycles. The van der Waals surface area contributed by atoms with Crippen molar-refractivity contribution < 1.29 is 0 Å². The summed E-state index contributed by atoms with van der Waals surface area (Å²) in [5, 5.41) is 0. The third-order valence-electron chi connectivity index (χ3n) is 2.63. The summed E-state index contributed by atoms with van der Waals surface area (Å²) in [6, 6.07) is 8.74. The summed E-state index contributed by atoms with van der Waals surface area (Å²) in [5.74, 6) is 0.744. The molecule has 0 aliphatic heterocycles. The number of hydrogen-bond acceptors (Lipinski definition) is 2. The van der Waals surface area contributed by atoms with Crippen LogP contribution in [0.5, 0.6) is 0 Å². The van der Waals surface area contributed by atoms with Gasteiger partial charge in [0.05, 0.1) is 0 Å². The lowest BCUT2D eigenvalue weighted by atomic mass is 10.0. The highest BCUT2D eigenvalue weighted by molar-refractivity contribution is 7.98. The van der Waals surface area contributed by atoms with Gasteiger partial charge < -0.3 is 5.73 Å². The molecule has 0 spiro atoms. The summed E-state index contributed by atoms with van der Waals surface area (Å²) < 4.78 is 0. The van der Waals surface area contributed by atoms with Crippen LogP contribution in [0.3, 0.4) is 0 Å². The lowest BCUT2D eigenvalue weighted by Crippen LogP contribution is -2.13. The van der Waals surface area contributed by atoms with E-state index >= 15 is 0 Å². The van der Waals surface area contributed by atoms with Gasteiger partial charge in [0, 0.05) is 10.9 Å². The van der Waals surface area contributed by atoms with E-state index in [0.717, 1.165) is 5.92 Å². The monoisotopic (exact) mass is 193 g/mol. The van der Waals surface area contributed by atoms with E-state index in [9.17, 15) is 0 Å². The lowest BCUT2D eigenvalue weighted by molar-refractivity contribution is 0.623. The molecule has 1 aromatic carbocycles. The summed E-state index contributed by atoms with van der Waals surface area (Å²) in [5.41, 5.74) is 7.49. The van der Waals surface area contributed by atoms with E-state index < -0.39 is 0 Å². The van der Waals surface area contributed by atoms with Gasteiger partial charge in [0.15, 0.2) is 0 Å². The van der Waals surface area contributed by atoms with Gasteiger partial charge in [-0.05, 0) is 36.6 Å². The molecule has 0 bridgehead atoms. The van der Waals surface area contributed by atoms with Crippen molar-refractivity contribution in [3.05, 3.63) is 29.8 Å². The zero-order valence-corrected chi connectivity index (χ0v) is 8.68. The van der Waals surface area contributed by atoms with Crippen LogP contribution in [0.2, 0.25) is 0 Å². The van der Waals surface area contributed by atoms with E-state index in [-0.39, 0.29) is 6.04 Å². The first kappa shape index (κ1) is 9.10. The van der Waals surface area contributed by atoms with Gasteiger partial charge in [-0.15, -0.1) is 11.8 Å². The molecule has 0 heterocycles. The maximum Gasteiger partial charge on any atom is 0.0334 e. The molecule has 2 rings (SSSR count). The van der Waals surface area contributed by atoms with E-state index in [1.807, 2.05) is 0 Å². The first-order chi connectivity index (χ1) is 6.33. The average molecular weight is 193 g/mol. The third-order valence-corrected chi connectivity index (χ3v) is 3.44. The van der Waals surface area contributed by atoms with Crippen molar-refractivity contribution in [1.82, 2.24) is 0 Å². The van der Waals surface area contributed by atoms with Crippen LogP contribution in [0.25, 0.3) is 0 Å². The van der Waals surface area contributed by atoms with E-state index in [2.05, 4.69) is 30.5 Å². The Labute approximate surface area is 83.7 Å². The van der Waals surface area contributed by atoms with Crippen LogP contribution in [0.15, 0.2) is 29.2 Å². The Bertz CT molecular complexity index is 294. The van der Waals surface area contributed by atoms with E-state index in [1.165, 1.54) is 23.3 Å². The van der Waals surface area contributed by atoms with Crippen LogP contribution in [0.1, 0.15) is 24.4 Å². The van der Waals surface area contributed by atoms with Crippen molar-refractivity contribution in [2.75, 3.05) is 6.26 Å². The highest BCUT2D eigenvalue weighted by Crippen LogP contribution is 2.41. The first-order valence-corrected chi connectivity index (χ1v) is 5.94. The van der Waals surface area contributed by atoms with Gasteiger partial charge in [-0.2, -0.15) is 0 Å². The fourth-order valence-electron chi connectivity index (χ4n) is 1.65. The Hall–Kier alpha value is -0.470. The minimum atomic E-state index is 0.267. The molecule has 1 atom stereocenters. The second-order valence-electron chi connectivity index (χ2n) is 3.61. The minimum absolute atomic E-state index is 0.267. The molecule has 0 amide bonds. The standard InChI is InChI=1S/C11H15NS/c1-13-10-5-3-2-4-9(10)11(12)8-6-7-8/h2-5,8,11H,6-7,12H2,1H3. The van der Waals surface area contributed by atoms with Crippen molar-refractivity contribution in [2.24, 2.45) is 11.7 Å². The van der Waals surface area contributed by atoms with Crippen LogP contribution in [-0.2, 0) is 0 Å². The molecule has 0 radical (unpaired) electrons. The minimum Gasteiger partial charge on any atom is -0.324 e. The van der Waals surface area contributed by atoms with E-state index in [4.69, 9.17) is 5.73 Å². The van der Waals surface area contributed by atoms with Crippen LogP contribution < -0.4 is 5.73 Å². The van der Waals surface area contributed by atoms with Crippen LogP contribution in [0.4, 0.5) is 0 Å². The smallest absolute Gasteiger partial charge is 0.0334 e.